The van der Waals surface area contributed by atoms with E-state index in [0.29, 0.717) is 5.41 Å². The Morgan fingerprint density at radius 2 is 1.67 bits per heavy atom. The van der Waals surface area contributed by atoms with Gasteiger partial charge in [0.2, 0.25) is 0 Å². The highest BCUT2D eigenvalue weighted by atomic mass is 15.1. The highest BCUT2D eigenvalue weighted by Crippen LogP contribution is 2.34. The van der Waals surface area contributed by atoms with Crippen molar-refractivity contribution in [3.05, 3.63) is 35.4 Å². The van der Waals surface area contributed by atoms with Gasteiger partial charge in [0.05, 0.1) is 0 Å². The van der Waals surface area contributed by atoms with Crippen molar-refractivity contribution in [2.75, 3.05) is 26.2 Å². The molecule has 1 aliphatic rings. The molecule has 1 aromatic carbocycles. The van der Waals surface area contributed by atoms with E-state index in [4.69, 9.17) is 0 Å². The van der Waals surface area contributed by atoms with Crippen LogP contribution < -0.4 is 5.32 Å². The predicted octanol–water partition coefficient (Wildman–Crippen LogP) is 3.85. The molecule has 0 atom stereocenters. The maximum atomic E-state index is 3.38. The van der Waals surface area contributed by atoms with Crippen LogP contribution in [0.5, 0.6) is 0 Å². The summed E-state index contributed by atoms with van der Waals surface area (Å²) >= 11 is 0. The number of likely N-dealkylation sites (N-methyl/N-ethyl adjacent to an activating group) is 1. The molecule has 1 N–H and O–H groups in total. The molecule has 2 rings (SSSR count). The first-order chi connectivity index (χ1) is 10.1. The SMILES string of the molecule is CCNCCc1ccc(CN2CCC(C)(CC)CC2)cc1. The fraction of sp³-hybridized carbons (Fsp3) is 0.684. The summed E-state index contributed by atoms with van der Waals surface area (Å²) in [7, 11) is 0. The maximum Gasteiger partial charge on any atom is 0.0233 e. The number of rotatable bonds is 7. The molecule has 0 unspecified atom stereocenters. The lowest BCUT2D eigenvalue weighted by Crippen LogP contribution is -2.37. The van der Waals surface area contributed by atoms with Gasteiger partial charge in [-0.1, -0.05) is 51.5 Å². The van der Waals surface area contributed by atoms with Crippen LogP contribution in [0.25, 0.3) is 0 Å². The minimum Gasteiger partial charge on any atom is -0.317 e. The molecular formula is C19H32N2. The third-order valence-corrected chi connectivity index (χ3v) is 5.19. The molecule has 0 saturated carbocycles. The number of nitrogens with one attached hydrogen (secondary N) is 1. The van der Waals surface area contributed by atoms with Gasteiger partial charge in [-0.25, -0.2) is 0 Å². The van der Waals surface area contributed by atoms with Crippen molar-refractivity contribution in [3.63, 3.8) is 0 Å². The predicted molar refractivity (Wildman–Crippen MR) is 91.6 cm³/mol. The van der Waals surface area contributed by atoms with Gasteiger partial charge in [-0.2, -0.15) is 0 Å². The van der Waals surface area contributed by atoms with Gasteiger partial charge in [0.1, 0.15) is 0 Å². The minimum absolute atomic E-state index is 0.590. The molecule has 21 heavy (non-hydrogen) atoms. The molecule has 0 amide bonds. The average Bonchev–Trinajstić information content (AvgIpc) is 2.52. The Kier molecular flexibility index (Phi) is 6.25. The largest absolute Gasteiger partial charge is 0.317 e. The van der Waals surface area contributed by atoms with Crippen LogP contribution in [0.4, 0.5) is 0 Å². The second kappa shape index (κ2) is 7.95. The van der Waals surface area contributed by atoms with Gasteiger partial charge in [-0.3, -0.25) is 4.90 Å². The van der Waals surface area contributed by atoms with Crippen molar-refractivity contribution < 1.29 is 0 Å². The molecule has 1 saturated heterocycles. The Morgan fingerprint density at radius 3 is 2.24 bits per heavy atom. The standard InChI is InChI=1S/C19H32N2/c1-4-19(3)11-14-21(15-12-19)16-18-8-6-17(7-9-18)10-13-20-5-2/h6-9,20H,4-5,10-16H2,1-3H3. The monoisotopic (exact) mass is 288 g/mol. The first-order valence-electron chi connectivity index (χ1n) is 8.66. The summed E-state index contributed by atoms with van der Waals surface area (Å²) in [5.74, 6) is 0. The zero-order chi connectivity index (χ0) is 15.1. The van der Waals surface area contributed by atoms with Gasteiger partial charge in [0.15, 0.2) is 0 Å². The van der Waals surface area contributed by atoms with Crippen molar-refractivity contribution in [2.45, 2.75) is 53.0 Å². The van der Waals surface area contributed by atoms with Crippen molar-refractivity contribution in [2.24, 2.45) is 5.41 Å². The number of hydrogen-bond donors (Lipinski definition) is 1. The highest BCUT2D eigenvalue weighted by molar-refractivity contribution is 5.22. The average molecular weight is 288 g/mol. The lowest BCUT2D eigenvalue weighted by Gasteiger charge is -2.39. The van der Waals surface area contributed by atoms with E-state index in [9.17, 15) is 0 Å². The lowest BCUT2D eigenvalue weighted by molar-refractivity contribution is 0.109. The molecule has 118 valence electrons. The maximum absolute atomic E-state index is 3.38. The fourth-order valence-corrected chi connectivity index (χ4v) is 3.08. The van der Waals surface area contributed by atoms with E-state index in [-0.39, 0.29) is 0 Å². The van der Waals surface area contributed by atoms with E-state index in [1.165, 1.54) is 43.5 Å². The van der Waals surface area contributed by atoms with Gasteiger partial charge in [-0.05, 0) is 62.0 Å². The summed E-state index contributed by atoms with van der Waals surface area (Å²) in [6.07, 6.45) is 5.16. The van der Waals surface area contributed by atoms with E-state index >= 15 is 0 Å². The molecule has 0 radical (unpaired) electrons. The van der Waals surface area contributed by atoms with Crippen LogP contribution in [0.2, 0.25) is 0 Å². The Balaban J connectivity index is 1.78. The van der Waals surface area contributed by atoms with E-state index in [1.54, 1.807) is 0 Å². The van der Waals surface area contributed by atoms with Gasteiger partial charge in [0, 0.05) is 6.54 Å². The topological polar surface area (TPSA) is 15.3 Å². The number of piperidine rings is 1. The first kappa shape index (κ1) is 16.5. The summed E-state index contributed by atoms with van der Waals surface area (Å²) in [6.45, 7) is 12.7. The highest BCUT2D eigenvalue weighted by Gasteiger charge is 2.27. The fourth-order valence-electron chi connectivity index (χ4n) is 3.08. The van der Waals surface area contributed by atoms with Crippen LogP contribution in [-0.2, 0) is 13.0 Å². The second-order valence-corrected chi connectivity index (χ2v) is 6.86. The molecule has 0 aliphatic carbocycles. The zero-order valence-electron chi connectivity index (χ0n) is 14.1. The molecule has 0 bridgehead atoms. The van der Waals surface area contributed by atoms with Crippen LogP contribution in [0.15, 0.2) is 24.3 Å². The normalized spacial score (nSPS) is 18.8. The zero-order valence-corrected chi connectivity index (χ0v) is 14.1. The lowest BCUT2D eigenvalue weighted by atomic mass is 9.78. The molecule has 2 nitrogen and oxygen atoms in total. The molecule has 0 spiro atoms. The number of hydrogen-bond acceptors (Lipinski definition) is 2. The molecule has 2 heteroatoms. The van der Waals surface area contributed by atoms with E-state index in [1.807, 2.05) is 0 Å². The van der Waals surface area contributed by atoms with Crippen LogP contribution >= 0.6 is 0 Å². The molecule has 1 heterocycles. The molecule has 1 aromatic rings. The Hall–Kier alpha value is -0.860. The van der Waals surface area contributed by atoms with Crippen molar-refractivity contribution in [1.82, 2.24) is 10.2 Å². The number of benzene rings is 1. The smallest absolute Gasteiger partial charge is 0.0233 e. The van der Waals surface area contributed by atoms with Crippen LogP contribution in [0.1, 0.15) is 51.2 Å². The van der Waals surface area contributed by atoms with Gasteiger partial charge in [0.25, 0.3) is 0 Å². The summed E-state index contributed by atoms with van der Waals surface area (Å²) in [5.41, 5.74) is 3.49. The third-order valence-electron chi connectivity index (χ3n) is 5.19. The summed E-state index contributed by atoms with van der Waals surface area (Å²) in [6, 6.07) is 9.23. The van der Waals surface area contributed by atoms with E-state index < -0.39 is 0 Å². The molecule has 1 fully saturated rings. The minimum atomic E-state index is 0.590. The van der Waals surface area contributed by atoms with Crippen LogP contribution in [-0.4, -0.2) is 31.1 Å². The van der Waals surface area contributed by atoms with Crippen molar-refractivity contribution >= 4 is 0 Å². The third kappa shape index (κ3) is 5.12. The molecule has 1 aliphatic heterocycles. The quantitative estimate of drug-likeness (QED) is 0.767. The van der Waals surface area contributed by atoms with Crippen LogP contribution in [0, 0.1) is 5.41 Å². The molecule has 0 aromatic heterocycles. The Labute approximate surface area is 130 Å². The van der Waals surface area contributed by atoms with Gasteiger partial charge < -0.3 is 5.32 Å². The second-order valence-electron chi connectivity index (χ2n) is 6.86. The Morgan fingerprint density at radius 1 is 1.05 bits per heavy atom. The first-order valence-corrected chi connectivity index (χ1v) is 8.66. The van der Waals surface area contributed by atoms with Gasteiger partial charge >= 0.3 is 0 Å². The van der Waals surface area contributed by atoms with Gasteiger partial charge in [-0.15, -0.1) is 0 Å². The Bertz CT molecular complexity index is 402. The number of likely N-dealkylation sites (tertiary alicyclic amines) is 1. The molecular weight excluding hydrogens is 256 g/mol. The van der Waals surface area contributed by atoms with E-state index in [2.05, 4.69) is 55.3 Å². The summed E-state index contributed by atoms with van der Waals surface area (Å²) in [5, 5.41) is 3.38. The van der Waals surface area contributed by atoms with E-state index in [0.717, 1.165) is 26.1 Å². The summed E-state index contributed by atoms with van der Waals surface area (Å²) < 4.78 is 0. The van der Waals surface area contributed by atoms with Crippen molar-refractivity contribution in [1.29, 1.82) is 0 Å². The summed E-state index contributed by atoms with van der Waals surface area (Å²) in [4.78, 5) is 2.62. The number of nitrogens with zero attached hydrogens (tertiary/aromatic N) is 1. The van der Waals surface area contributed by atoms with Crippen LogP contribution in [0.3, 0.4) is 0 Å². The van der Waals surface area contributed by atoms with Crippen molar-refractivity contribution in [3.8, 4) is 0 Å².